The molecule has 4 aromatic rings. The van der Waals surface area contributed by atoms with E-state index in [1.807, 2.05) is 55.6 Å². The summed E-state index contributed by atoms with van der Waals surface area (Å²) in [4.78, 5) is 57.9. The van der Waals surface area contributed by atoms with Gasteiger partial charge in [-0.25, -0.2) is 4.79 Å². The lowest BCUT2D eigenvalue weighted by molar-refractivity contribution is -0.164. The predicted molar refractivity (Wildman–Crippen MR) is 202 cm³/mol. The van der Waals surface area contributed by atoms with Crippen molar-refractivity contribution in [3.8, 4) is 17.2 Å². The van der Waals surface area contributed by atoms with Gasteiger partial charge in [-0.2, -0.15) is 0 Å². The molecular weight excluding hydrogens is 674 g/mol. The Balaban J connectivity index is 1.28. The second-order valence-electron chi connectivity index (χ2n) is 14.1. The fourth-order valence-electron chi connectivity index (χ4n) is 6.53. The van der Waals surface area contributed by atoms with E-state index in [9.17, 15) is 19.2 Å². The van der Waals surface area contributed by atoms with E-state index >= 15 is 0 Å². The SMILES string of the molecule is CCC(C)(C)C(=O)C(=O)N1CCCC[C@H]1C(=O)O[C@H](CCc1ccc(OC)c(OC)c1)c1cccc(OCC(=O)NCCc2c[nH]c3ccccc23)c1. The summed E-state index contributed by atoms with van der Waals surface area (Å²) in [6, 6.07) is 20.0. The number of rotatable bonds is 17. The Hall–Kier alpha value is -5.32. The van der Waals surface area contributed by atoms with Gasteiger partial charge in [-0.05, 0) is 92.0 Å². The highest BCUT2D eigenvalue weighted by molar-refractivity contribution is 6.38. The summed E-state index contributed by atoms with van der Waals surface area (Å²) in [7, 11) is 3.15. The number of H-pyrrole nitrogens is 1. The molecule has 2 amide bonds. The number of likely N-dealkylation sites (tertiary alicyclic amines) is 1. The summed E-state index contributed by atoms with van der Waals surface area (Å²) >= 11 is 0. The summed E-state index contributed by atoms with van der Waals surface area (Å²) in [6.45, 7) is 5.95. The Morgan fingerprint density at radius 2 is 1.74 bits per heavy atom. The number of methoxy groups -OCH3 is 2. The number of para-hydroxylation sites is 1. The molecule has 0 bridgehead atoms. The number of amides is 2. The molecule has 3 aromatic carbocycles. The number of ketones is 1. The molecule has 1 aromatic heterocycles. The molecule has 282 valence electrons. The Morgan fingerprint density at radius 3 is 2.51 bits per heavy atom. The zero-order valence-electron chi connectivity index (χ0n) is 31.4. The second kappa shape index (κ2) is 17.9. The van der Waals surface area contributed by atoms with Crippen LogP contribution in [-0.4, -0.2) is 73.4 Å². The topological polar surface area (TPSA) is 136 Å². The van der Waals surface area contributed by atoms with E-state index in [1.54, 1.807) is 46.3 Å². The van der Waals surface area contributed by atoms with Crippen LogP contribution in [-0.2, 0) is 36.8 Å². The molecule has 11 nitrogen and oxygen atoms in total. The highest BCUT2D eigenvalue weighted by atomic mass is 16.5. The van der Waals surface area contributed by atoms with Gasteiger partial charge in [0.2, 0.25) is 5.78 Å². The van der Waals surface area contributed by atoms with E-state index in [0.717, 1.165) is 28.5 Å². The molecule has 2 N–H and O–H groups in total. The van der Waals surface area contributed by atoms with Gasteiger partial charge in [0, 0.05) is 35.6 Å². The number of aromatic nitrogens is 1. The minimum Gasteiger partial charge on any atom is -0.493 e. The first kappa shape index (κ1) is 38.9. The molecule has 5 rings (SSSR count). The summed E-state index contributed by atoms with van der Waals surface area (Å²) in [6.07, 6.45) is 5.20. The fraction of sp³-hybridized carbons (Fsp3) is 0.429. The van der Waals surface area contributed by atoms with Crippen LogP contribution in [0.4, 0.5) is 0 Å². The highest BCUT2D eigenvalue weighted by Gasteiger charge is 2.41. The molecule has 0 unspecified atom stereocenters. The average molecular weight is 726 g/mol. The van der Waals surface area contributed by atoms with Crippen molar-refractivity contribution in [2.75, 3.05) is 33.9 Å². The van der Waals surface area contributed by atoms with Crippen LogP contribution >= 0.6 is 0 Å². The molecular formula is C42H51N3O8. The van der Waals surface area contributed by atoms with Gasteiger partial charge >= 0.3 is 5.97 Å². The number of piperidine rings is 1. The smallest absolute Gasteiger partial charge is 0.329 e. The maximum Gasteiger partial charge on any atom is 0.329 e. The number of ether oxygens (including phenoxy) is 4. The molecule has 11 heteroatoms. The zero-order valence-corrected chi connectivity index (χ0v) is 31.4. The predicted octanol–water partition coefficient (Wildman–Crippen LogP) is 6.53. The molecule has 0 radical (unpaired) electrons. The van der Waals surface area contributed by atoms with E-state index in [0.29, 0.717) is 74.4 Å². The van der Waals surface area contributed by atoms with Crippen molar-refractivity contribution in [3.63, 3.8) is 0 Å². The zero-order chi connectivity index (χ0) is 38.0. The van der Waals surface area contributed by atoms with Crippen molar-refractivity contribution >= 4 is 34.5 Å². The minimum atomic E-state index is -0.871. The normalized spacial score (nSPS) is 15.0. The van der Waals surface area contributed by atoms with Crippen molar-refractivity contribution < 1.29 is 38.1 Å². The third-order valence-corrected chi connectivity index (χ3v) is 10.1. The number of carbonyl (C=O) groups is 4. The second-order valence-corrected chi connectivity index (χ2v) is 14.1. The number of nitrogens with zero attached hydrogens (tertiary/aromatic N) is 1. The molecule has 0 aliphatic carbocycles. The molecule has 1 aliphatic rings. The monoisotopic (exact) mass is 725 g/mol. The lowest BCUT2D eigenvalue weighted by atomic mass is 9.84. The fourth-order valence-corrected chi connectivity index (χ4v) is 6.53. The average Bonchev–Trinajstić information content (AvgIpc) is 3.60. The van der Waals surface area contributed by atoms with Crippen LogP contribution in [0, 0.1) is 5.41 Å². The number of carbonyl (C=O) groups excluding carboxylic acids is 4. The number of hydrogen-bond acceptors (Lipinski definition) is 8. The maximum absolute atomic E-state index is 13.9. The molecule has 1 saturated heterocycles. The van der Waals surface area contributed by atoms with Crippen LogP contribution in [0.3, 0.4) is 0 Å². The van der Waals surface area contributed by atoms with Gasteiger partial charge < -0.3 is 34.1 Å². The number of nitrogens with one attached hydrogen (secondary N) is 2. The van der Waals surface area contributed by atoms with E-state index in [1.165, 1.54) is 4.90 Å². The molecule has 1 aliphatic heterocycles. The first-order valence-electron chi connectivity index (χ1n) is 18.4. The molecule has 0 spiro atoms. The van der Waals surface area contributed by atoms with Crippen LogP contribution in [0.2, 0.25) is 0 Å². The maximum atomic E-state index is 13.9. The van der Waals surface area contributed by atoms with Crippen molar-refractivity contribution in [1.29, 1.82) is 0 Å². The number of Topliss-reactive ketones (excluding diaryl/α,β-unsaturated/α-hetero) is 1. The van der Waals surface area contributed by atoms with Gasteiger partial charge in [0.1, 0.15) is 17.9 Å². The number of aromatic amines is 1. The van der Waals surface area contributed by atoms with Crippen LogP contribution in [0.15, 0.2) is 72.9 Å². The number of benzene rings is 3. The van der Waals surface area contributed by atoms with E-state index < -0.39 is 35.2 Å². The first-order valence-corrected chi connectivity index (χ1v) is 18.4. The van der Waals surface area contributed by atoms with Gasteiger partial charge in [0.05, 0.1) is 14.2 Å². The molecule has 2 heterocycles. The summed E-state index contributed by atoms with van der Waals surface area (Å²) in [5.41, 5.74) is 2.97. The summed E-state index contributed by atoms with van der Waals surface area (Å²) < 4.78 is 23.0. The standard InChI is InChI=1S/C42H51N3O8/c1-6-42(2,3)39(47)40(48)45-23-10-9-16-34(45)41(49)53-35(19-17-28-18-20-36(50-4)37(24-28)51-5)29-12-11-13-31(25-29)52-27-38(46)43-22-21-30-26-44-33-15-8-7-14-32(30)33/h7-8,11-15,18,20,24-26,34-35,44H,6,9-10,16-17,19,21-23,27H2,1-5H3,(H,43,46)/t34-,35+/m0/s1. The lowest BCUT2D eigenvalue weighted by Gasteiger charge is -2.36. The number of hydrogen-bond donors (Lipinski definition) is 2. The third-order valence-electron chi connectivity index (χ3n) is 10.1. The quantitative estimate of drug-likeness (QED) is 0.0928. The summed E-state index contributed by atoms with van der Waals surface area (Å²) in [5, 5.41) is 4.06. The van der Waals surface area contributed by atoms with Gasteiger partial charge in [0.15, 0.2) is 18.1 Å². The van der Waals surface area contributed by atoms with Crippen molar-refractivity contribution in [3.05, 3.63) is 89.6 Å². The Bertz CT molecular complexity index is 1900. The van der Waals surface area contributed by atoms with Crippen LogP contribution in [0.25, 0.3) is 10.9 Å². The number of fused-ring (bicyclic) bond motifs is 1. The van der Waals surface area contributed by atoms with Gasteiger partial charge in [-0.3, -0.25) is 14.4 Å². The van der Waals surface area contributed by atoms with E-state index in [-0.39, 0.29) is 12.5 Å². The van der Waals surface area contributed by atoms with Crippen molar-refractivity contribution in [2.45, 2.75) is 77.9 Å². The van der Waals surface area contributed by atoms with Gasteiger partial charge in [-0.15, -0.1) is 0 Å². The van der Waals surface area contributed by atoms with Gasteiger partial charge in [-0.1, -0.05) is 57.2 Å². The van der Waals surface area contributed by atoms with Crippen molar-refractivity contribution in [1.82, 2.24) is 15.2 Å². The summed E-state index contributed by atoms with van der Waals surface area (Å²) in [5.74, 6) is -0.318. The van der Waals surface area contributed by atoms with E-state index in [2.05, 4.69) is 16.4 Å². The largest absolute Gasteiger partial charge is 0.493 e. The third kappa shape index (κ3) is 9.77. The van der Waals surface area contributed by atoms with Crippen LogP contribution in [0.1, 0.15) is 75.7 Å². The lowest BCUT2D eigenvalue weighted by Crippen LogP contribution is -2.53. The molecule has 1 fully saturated rings. The van der Waals surface area contributed by atoms with Crippen LogP contribution in [0.5, 0.6) is 17.2 Å². The Morgan fingerprint density at radius 1 is 0.943 bits per heavy atom. The van der Waals surface area contributed by atoms with Gasteiger partial charge in [0.25, 0.3) is 11.8 Å². The molecule has 2 atom stereocenters. The molecule has 53 heavy (non-hydrogen) atoms. The number of esters is 1. The van der Waals surface area contributed by atoms with E-state index in [4.69, 9.17) is 18.9 Å². The minimum absolute atomic E-state index is 0.186. The first-order chi connectivity index (χ1) is 25.5. The Kier molecular flexibility index (Phi) is 13.2. The van der Waals surface area contributed by atoms with Crippen LogP contribution < -0.4 is 19.5 Å². The molecule has 0 saturated carbocycles. The highest BCUT2D eigenvalue weighted by Crippen LogP contribution is 2.33. The Labute approximate surface area is 311 Å². The van der Waals surface area contributed by atoms with Crippen molar-refractivity contribution in [2.24, 2.45) is 5.41 Å². The number of aryl methyl sites for hydroxylation is 1.